The van der Waals surface area contributed by atoms with Gasteiger partial charge in [-0.25, -0.2) is 18.2 Å². The van der Waals surface area contributed by atoms with Gasteiger partial charge in [-0.3, -0.25) is 4.72 Å². The molecule has 1 aromatic heterocycles. The lowest BCUT2D eigenvalue weighted by Gasteiger charge is -2.10. The number of nitrogens with zero attached hydrogens (tertiary/aromatic N) is 2. The fourth-order valence-electron chi connectivity index (χ4n) is 2.49. The van der Waals surface area contributed by atoms with E-state index in [0.29, 0.717) is 16.8 Å². The van der Waals surface area contributed by atoms with E-state index in [1.54, 1.807) is 11.6 Å². The van der Waals surface area contributed by atoms with Crippen LogP contribution in [0.15, 0.2) is 47.6 Å². The lowest BCUT2D eigenvalue weighted by Crippen LogP contribution is -2.13. The topological polar surface area (TPSA) is 111 Å². The Morgan fingerprint density at radius 2 is 1.92 bits per heavy atom. The van der Waals surface area contributed by atoms with Gasteiger partial charge in [-0.05, 0) is 36.4 Å². The van der Waals surface area contributed by atoms with Crippen molar-refractivity contribution in [2.24, 2.45) is 7.05 Å². The number of aryl methyl sites for hydroxylation is 1. The third kappa shape index (κ3) is 3.13. The number of hydrogen-bond acceptors (Lipinski definition) is 5. The first-order valence-electron chi connectivity index (χ1n) is 7.17. The third-order valence-electron chi connectivity index (χ3n) is 3.66. The molecule has 0 aliphatic heterocycles. The van der Waals surface area contributed by atoms with Crippen molar-refractivity contribution < 1.29 is 23.1 Å². The maximum atomic E-state index is 12.5. The van der Waals surface area contributed by atoms with E-state index < -0.39 is 16.0 Å². The number of hydrogen-bond donors (Lipinski definition) is 2. The molecule has 8 nitrogen and oxygen atoms in total. The maximum Gasteiger partial charge on any atom is 0.337 e. The first kappa shape index (κ1) is 16.8. The minimum atomic E-state index is -3.88. The summed E-state index contributed by atoms with van der Waals surface area (Å²) in [5.41, 5.74) is 0.888. The van der Waals surface area contributed by atoms with Crippen molar-refractivity contribution in [2.75, 3.05) is 11.8 Å². The van der Waals surface area contributed by atoms with Crippen LogP contribution in [0.1, 0.15) is 10.4 Å². The SMILES string of the molecule is COc1ccc(S(=O)(=O)Nc2cc(C(=O)O)c3c(c2)ncn3C)cc1. The molecule has 0 aliphatic carbocycles. The van der Waals surface area contributed by atoms with E-state index in [9.17, 15) is 18.3 Å². The second kappa shape index (κ2) is 6.10. The molecule has 2 aromatic carbocycles. The van der Waals surface area contributed by atoms with Gasteiger partial charge in [0.05, 0.1) is 40.6 Å². The molecular formula is C16H15N3O5S. The van der Waals surface area contributed by atoms with Gasteiger partial charge in [-0.15, -0.1) is 0 Å². The van der Waals surface area contributed by atoms with Crippen LogP contribution in [-0.4, -0.2) is 36.2 Å². The van der Waals surface area contributed by atoms with Crippen LogP contribution in [-0.2, 0) is 17.1 Å². The standard InChI is InChI=1S/C16H15N3O5S/c1-19-9-17-14-8-10(7-13(15(14)19)16(20)21)18-25(22,23)12-5-3-11(24-2)4-6-12/h3-9,18H,1-2H3,(H,20,21). The predicted octanol–water partition coefficient (Wildman–Crippen LogP) is 2.08. The second-order valence-electron chi connectivity index (χ2n) is 5.33. The summed E-state index contributed by atoms with van der Waals surface area (Å²) in [6.07, 6.45) is 1.47. The molecule has 0 bridgehead atoms. The van der Waals surface area contributed by atoms with Crippen molar-refractivity contribution >= 4 is 32.7 Å². The Morgan fingerprint density at radius 1 is 1.24 bits per heavy atom. The Bertz CT molecular complexity index is 1060. The number of carbonyl (C=O) groups is 1. The molecule has 9 heteroatoms. The molecule has 130 valence electrons. The fourth-order valence-corrected chi connectivity index (χ4v) is 3.53. The summed E-state index contributed by atoms with van der Waals surface area (Å²) in [7, 11) is -0.723. The smallest absolute Gasteiger partial charge is 0.337 e. The largest absolute Gasteiger partial charge is 0.497 e. The molecule has 1 heterocycles. The number of rotatable bonds is 5. The Hall–Kier alpha value is -3.07. The Balaban J connectivity index is 2.03. The molecule has 25 heavy (non-hydrogen) atoms. The zero-order chi connectivity index (χ0) is 18.2. The molecule has 3 aromatic rings. The molecule has 0 atom stereocenters. The van der Waals surface area contributed by atoms with E-state index in [4.69, 9.17) is 4.74 Å². The fraction of sp³-hybridized carbons (Fsp3) is 0.125. The van der Waals surface area contributed by atoms with Crippen molar-refractivity contribution in [1.29, 1.82) is 0 Å². The number of carboxylic acid groups (broad SMARTS) is 1. The number of ether oxygens (including phenoxy) is 1. The summed E-state index contributed by atoms with van der Waals surface area (Å²) in [6, 6.07) is 8.62. The second-order valence-corrected chi connectivity index (χ2v) is 7.02. The summed E-state index contributed by atoms with van der Waals surface area (Å²) in [4.78, 5) is 15.6. The van der Waals surface area contributed by atoms with Crippen LogP contribution >= 0.6 is 0 Å². The molecule has 0 saturated carbocycles. The highest BCUT2D eigenvalue weighted by Gasteiger charge is 2.19. The van der Waals surface area contributed by atoms with Crippen molar-refractivity contribution in [2.45, 2.75) is 4.90 Å². The zero-order valence-corrected chi connectivity index (χ0v) is 14.2. The van der Waals surface area contributed by atoms with Gasteiger partial charge in [0.2, 0.25) is 0 Å². The van der Waals surface area contributed by atoms with Crippen LogP contribution in [0, 0.1) is 0 Å². The molecule has 0 radical (unpaired) electrons. The molecule has 0 spiro atoms. The summed E-state index contributed by atoms with van der Waals surface area (Å²) >= 11 is 0. The number of imidazole rings is 1. The van der Waals surface area contributed by atoms with Crippen LogP contribution in [0.3, 0.4) is 0 Å². The van der Waals surface area contributed by atoms with E-state index in [1.807, 2.05) is 0 Å². The number of aromatic carboxylic acids is 1. The van der Waals surface area contributed by atoms with Gasteiger partial charge in [-0.2, -0.15) is 0 Å². The number of nitrogens with one attached hydrogen (secondary N) is 1. The summed E-state index contributed by atoms with van der Waals surface area (Å²) < 4.78 is 34.0. The molecule has 0 aliphatic rings. The van der Waals surface area contributed by atoms with Crippen LogP contribution in [0.4, 0.5) is 5.69 Å². The highest BCUT2D eigenvalue weighted by molar-refractivity contribution is 7.92. The molecule has 3 rings (SSSR count). The van der Waals surface area contributed by atoms with Crippen molar-refractivity contribution in [3.63, 3.8) is 0 Å². The van der Waals surface area contributed by atoms with E-state index in [1.165, 1.54) is 49.8 Å². The highest BCUT2D eigenvalue weighted by Crippen LogP contribution is 2.25. The average molecular weight is 361 g/mol. The first-order chi connectivity index (χ1) is 11.8. The van der Waals surface area contributed by atoms with Gasteiger partial charge < -0.3 is 14.4 Å². The van der Waals surface area contributed by atoms with Gasteiger partial charge in [0.25, 0.3) is 10.0 Å². The quantitative estimate of drug-likeness (QED) is 0.720. The number of aromatic nitrogens is 2. The van der Waals surface area contributed by atoms with Crippen LogP contribution < -0.4 is 9.46 Å². The third-order valence-corrected chi connectivity index (χ3v) is 5.06. The van der Waals surface area contributed by atoms with Gasteiger partial charge in [0.1, 0.15) is 5.75 Å². The minimum Gasteiger partial charge on any atom is -0.497 e. The Morgan fingerprint density at radius 3 is 2.52 bits per heavy atom. The van der Waals surface area contributed by atoms with E-state index in [0.717, 1.165) is 0 Å². The van der Waals surface area contributed by atoms with Gasteiger partial charge in [0, 0.05) is 7.05 Å². The molecular weight excluding hydrogens is 346 g/mol. The predicted molar refractivity (Wildman–Crippen MR) is 91.5 cm³/mol. The summed E-state index contributed by atoms with van der Waals surface area (Å²) in [5.74, 6) is -0.638. The van der Waals surface area contributed by atoms with Crippen LogP contribution in [0.5, 0.6) is 5.75 Å². The minimum absolute atomic E-state index is 0.0336. The highest BCUT2D eigenvalue weighted by atomic mass is 32.2. The van der Waals surface area contributed by atoms with Gasteiger partial charge in [-0.1, -0.05) is 0 Å². The maximum absolute atomic E-state index is 12.5. The molecule has 0 unspecified atom stereocenters. The zero-order valence-electron chi connectivity index (χ0n) is 13.4. The first-order valence-corrected chi connectivity index (χ1v) is 8.65. The Labute approximate surface area is 143 Å². The molecule has 2 N–H and O–H groups in total. The lowest BCUT2D eigenvalue weighted by atomic mass is 10.1. The van der Waals surface area contributed by atoms with Crippen molar-refractivity contribution in [3.8, 4) is 5.75 Å². The van der Waals surface area contributed by atoms with Crippen LogP contribution in [0.2, 0.25) is 0 Å². The lowest BCUT2D eigenvalue weighted by molar-refractivity contribution is 0.0698. The molecule has 0 amide bonds. The van der Waals surface area contributed by atoms with E-state index in [-0.39, 0.29) is 16.1 Å². The molecule has 0 saturated heterocycles. The summed E-state index contributed by atoms with van der Waals surface area (Å²) in [6.45, 7) is 0. The number of methoxy groups -OCH3 is 1. The van der Waals surface area contributed by atoms with E-state index in [2.05, 4.69) is 9.71 Å². The summed E-state index contributed by atoms with van der Waals surface area (Å²) in [5, 5.41) is 9.39. The van der Waals surface area contributed by atoms with Crippen molar-refractivity contribution in [3.05, 3.63) is 48.3 Å². The average Bonchev–Trinajstić information content (AvgIpc) is 2.95. The van der Waals surface area contributed by atoms with Gasteiger partial charge in [0.15, 0.2) is 0 Å². The van der Waals surface area contributed by atoms with E-state index >= 15 is 0 Å². The van der Waals surface area contributed by atoms with Crippen LogP contribution in [0.25, 0.3) is 11.0 Å². The monoisotopic (exact) mass is 361 g/mol. The number of fused-ring (bicyclic) bond motifs is 1. The molecule has 0 fully saturated rings. The number of carboxylic acids is 1. The van der Waals surface area contributed by atoms with Crippen molar-refractivity contribution in [1.82, 2.24) is 9.55 Å². The number of anilines is 1. The number of benzene rings is 2. The Kier molecular flexibility index (Phi) is 4.09. The normalized spacial score (nSPS) is 11.4. The number of sulfonamides is 1. The van der Waals surface area contributed by atoms with Gasteiger partial charge >= 0.3 is 5.97 Å².